The second kappa shape index (κ2) is 9.94. The lowest BCUT2D eigenvalue weighted by Gasteiger charge is -2.21. The number of aromatic nitrogens is 1. The van der Waals surface area contributed by atoms with Gasteiger partial charge < -0.3 is 10.5 Å². The van der Waals surface area contributed by atoms with Crippen LogP contribution < -0.4 is 5.73 Å². The number of esters is 1. The van der Waals surface area contributed by atoms with Crippen molar-refractivity contribution in [3.8, 4) is 0 Å². The third kappa shape index (κ3) is 5.98. The summed E-state index contributed by atoms with van der Waals surface area (Å²) in [5.41, 5.74) is 8.29. The molecule has 0 radical (unpaired) electrons. The maximum absolute atomic E-state index is 11.4. The third-order valence-corrected chi connectivity index (χ3v) is 3.33. The Bertz CT molecular complexity index is 591. The van der Waals surface area contributed by atoms with Crippen LogP contribution in [0.2, 0.25) is 0 Å². The molecule has 2 rings (SSSR count). The minimum absolute atomic E-state index is 0. The fourth-order valence-electron chi connectivity index (χ4n) is 2.22. The van der Waals surface area contributed by atoms with Gasteiger partial charge in [0, 0.05) is 32.4 Å². The van der Waals surface area contributed by atoms with Gasteiger partial charge in [0.05, 0.1) is 18.4 Å². The molecule has 1 heterocycles. The molecule has 0 aliphatic heterocycles. The van der Waals surface area contributed by atoms with Crippen molar-refractivity contribution in [2.24, 2.45) is 5.73 Å². The quantitative estimate of drug-likeness (QED) is 0.786. The number of carbonyl (C=O) groups is 1. The van der Waals surface area contributed by atoms with Crippen LogP contribution in [0, 0.1) is 0 Å². The van der Waals surface area contributed by atoms with Gasteiger partial charge >= 0.3 is 5.97 Å². The molecule has 2 aromatic rings. The first kappa shape index (κ1) is 19.1. The molecule has 0 bridgehead atoms. The Labute approximate surface area is 142 Å². The van der Waals surface area contributed by atoms with Crippen LogP contribution in [-0.2, 0) is 17.8 Å². The Balaban J connectivity index is 0.00000264. The zero-order valence-electron chi connectivity index (χ0n) is 13.1. The Kier molecular flexibility index (Phi) is 8.26. The lowest BCUT2D eigenvalue weighted by molar-refractivity contribution is 0.0600. The molecule has 23 heavy (non-hydrogen) atoms. The molecular formula is C17H22ClN3O2. The third-order valence-electron chi connectivity index (χ3n) is 3.33. The van der Waals surface area contributed by atoms with Crippen LogP contribution in [0.4, 0.5) is 0 Å². The monoisotopic (exact) mass is 335 g/mol. The maximum Gasteiger partial charge on any atom is 0.339 e. The van der Waals surface area contributed by atoms with Gasteiger partial charge in [0.25, 0.3) is 0 Å². The fourth-order valence-corrected chi connectivity index (χ4v) is 2.22. The standard InChI is InChI=1S/C17H21N3O2.ClH/c1-22-17(21)15-7-8-16(19-11-15)13-20(10-9-18)12-14-5-3-2-4-6-14;/h2-8,11H,9-10,12-13,18H2,1H3;1H. The topological polar surface area (TPSA) is 68.5 Å². The SMILES string of the molecule is COC(=O)c1ccc(CN(CCN)Cc2ccccc2)nc1.Cl. The van der Waals surface area contributed by atoms with Gasteiger partial charge in [-0.15, -0.1) is 12.4 Å². The second-order valence-corrected chi connectivity index (χ2v) is 5.01. The van der Waals surface area contributed by atoms with E-state index < -0.39 is 0 Å². The van der Waals surface area contributed by atoms with Crippen LogP contribution in [0.15, 0.2) is 48.7 Å². The molecule has 0 unspecified atom stereocenters. The van der Waals surface area contributed by atoms with E-state index in [0.717, 1.165) is 18.8 Å². The summed E-state index contributed by atoms with van der Waals surface area (Å²) in [4.78, 5) is 18.0. The number of benzene rings is 1. The minimum Gasteiger partial charge on any atom is -0.465 e. The average molecular weight is 336 g/mol. The summed E-state index contributed by atoms with van der Waals surface area (Å²) in [5, 5.41) is 0. The first-order valence-electron chi connectivity index (χ1n) is 7.22. The van der Waals surface area contributed by atoms with Gasteiger partial charge in [-0.25, -0.2) is 4.79 Å². The summed E-state index contributed by atoms with van der Waals surface area (Å²) >= 11 is 0. The first-order chi connectivity index (χ1) is 10.7. The Morgan fingerprint density at radius 1 is 1.17 bits per heavy atom. The van der Waals surface area contributed by atoms with Crippen molar-refractivity contribution in [3.63, 3.8) is 0 Å². The summed E-state index contributed by atoms with van der Waals surface area (Å²) in [6, 6.07) is 13.8. The molecular weight excluding hydrogens is 314 g/mol. The number of hydrogen-bond donors (Lipinski definition) is 1. The summed E-state index contributed by atoms with van der Waals surface area (Å²) in [6.07, 6.45) is 1.55. The predicted octanol–water partition coefficient (Wildman–Crippen LogP) is 2.25. The van der Waals surface area contributed by atoms with Crippen molar-refractivity contribution in [1.82, 2.24) is 9.88 Å². The Morgan fingerprint density at radius 2 is 1.91 bits per heavy atom. The molecule has 124 valence electrons. The molecule has 0 saturated carbocycles. The number of pyridine rings is 1. The molecule has 0 aliphatic carbocycles. The largest absolute Gasteiger partial charge is 0.465 e. The van der Waals surface area contributed by atoms with E-state index in [9.17, 15) is 4.79 Å². The van der Waals surface area contributed by atoms with Crippen molar-refractivity contribution >= 4 is 18.4 Å². The number of rotatable bonds is 7. The molecule has 0 atom stereocenters. The number of nitrogens with zero attached hydrogens (tertiary/aromatic N) is 2. The molecule has 0 fully saturated rings. The summed E-state index contributed by atoms with van der Waals surface area (Å²) < 4.78 is 4.67. The maximum atomic E-state index is 11.4. The number of carbonyl (C=O) groups excluding carboxylic acids is 1. The highest BCUT2D eigenvalue weighted by Crippen LogP contribution is 2.09. The van der Waals surface area contributed by atoms with E-state index in [1.165, 1.54) is 12.7 Å². The van der Waals surface area contributed by atoms with Crippen LogP contribution in [0.1, 0.15) is 21.6 Å². The molecule has 0 saturated heterocycles. The smallest absolute Gasteiger partial charge is 0.339 e. The van der Waals surface area contributed by atoms with Crippen molar-refractivity contribution in [1.29, 1.82) is 0 Å². The lowest BCUT2D eigenvalue weighted by Crippen LogP contribution is -2.29. The second-order valence-electron chi connectivity index (χ2n) is 5.01. The van der Waals surface area contributed by atoms with E-state index in [1.807, 2.05) is 24.3 Å². The van der Waals surface area contributed by atoms with E-state index in [1.54, 1.807) is 12.3 Å². The summed E-state index contributed by atoms with van der Waals surface area (Å²) in [6.45, 7) is 2.88. The minimum atomic E-state index is -0.373. The van der Waals surface area contributed by atoms with Crippen molar-refractivity contribution < 1.29 is 9.53 Å². The molecule has 0 aliphatic rings. The normalized spacial score (nSPS) is 10.2. The number of methoxy groups -OCH3 is 1. The first-order valence-corrected chi connectivity index (χ1v) is 7.22. The average Bonchev–Trinajstić information content (AvgIpc) is 2.56. The fraction of sp³-hybridized carbons (Fsp3) is 0.294. The summed E-state index contributed by atoms with van der Waals surface area (Å²) in [5.74, 6) is -0.373. The highest BCUT2D eigenvalue weighted by atomic mass is 35.5. The molecule has 0 amide bonds. The van der Waals surface area contributed by atoms with E-state index >= 15 is 0 Å². The molecule has 6 heteroatoms. The molecule has 0 spiro atoms. The van der Waals surface area contributed by atoms with Crippen LogP contribution >= 0.6 is 12.4 Å². The molecule has 1 aromatic carbocycles. The van der Waals surface area contributed by atoms with E-state index in [0.29, 0.717) is 18.7 Å². The zero-order valence-corrected chi connectivity index (χ0v) is 14.0. The van der Waals surface area contributed by atoms with Crippen LogP contribution in [-0.4, -0.2) is 36.1 Å². The van der Waals surface area contributed by atoms with Crippen LogP contribution in [0.25, 0.3) is 0 Å². The number of ether oxygens (including phenoxy) is 1. The van der Waals surface area contributed by atoms with E-state index in [-0.39, 0.29) is 18.4 Å². The lowest BCUT2D eigenvalue weighted by atomic mass is 10.2. The number of halogens is 1. The Hall–Kier alpha value is -1.95. The van der Waals surface area contributed by atoms with E-state index in [4.69, 9.17) is 5.73 Å². The van der Waals surface area contributed by atoms with Gasteiger partial charge in [-0.3, -0.25) is 9.88 Å². The van der Waals surface area contributed by atoms with Gasteiger partial charge in [0.2, 0.25) is 0 Å². The van der Waals surface area contributed by atoms with Crippen molar-refractivity contribution in [2.45, 2.75) is 13.1 Å². The van der Waals surface area contributed by atoms with Gasteiger partial charge in [-0.05, 0) is 17.7 Å². The van der Waals surface area contributed by atoms with E-state index in [2.05, 4.69) is 26.8 Å². The summed E-state index contributed by atoms with van der Waals surface area (Å²) in [7, 11) is 1.36. The Morgan fingerprint density at radius 3 is 2.48 bits per heavy atom. The molecule has 2 N–H and O–H groups in total. The van der Waals surface area contributed by atoms with Crippen LogP contribution in [0.3, 0.4) is 0 Å². The van der Waals surface area contributed by atoms with Crippen molar-refractivity contribution in [3.05, 3.63) is 65.5 Å². The molecule has 1 aromatic heterocycles. The van der Waals surface area contributed by atoms with Gasteiger partial charge in [0.15, 0.2) is 0 Å². The van der Waals surface area contributed by atoms with Gasteiger partial charge in [-0.1, -0.05) is 30.3 Å². The van der Waals surface area contributed by atoms with Crippen molar-refractivity contribution in [2.75, 3.05) is 20.2 Å². The highest BCUT2D eigenvalue weighted by Gasteiger charge is 2.09. The predicted molar refractivity (Wildman–Crippen MR) is 92.4 cm³/mol. The zero-order chi connectivity index (χ0) is 15.8. The number of nitrogens with two attached hydrogens (primary N) is 1. The highest BCUT2D eigenvalue weighted by molar-refractivity contribution is 5.88. The van der Waals surface area contributed by atoms with Gasteiger partial charge in [-0.2, -0.15) is 0 Å². The number of hydrogen-bond acceptors (Lipinski definition) is 5. The molecule has 5 nitrogen and oxygen atoms in total. The van der Waals surface area contributed by atoms with Crippen LogP contribution in [0.5, 0.6) is 0 Å². The van der Waals surface area contributed by atoms with Gasteiger partial charge in [0.1, 0.15) is 0 Å².